The Kier molecular flexibility index (Phi) is 6.41. The van der Waals surface area contributed by atoms with Crippen molar-refractivity contribution >= 4 is 34.8 Å². The van der Waals surface area contributed by atoms with Gasteiger partial charge in [0.1, 0.15) is 5.69 Å². The third-order valence-corrected chi connectivity index (χ3v) is 4.15. The minimum Gasteiger partial charge on any atom is -0.459 e. The van der Waals surface area contributed by atoms with E-state index in [-0.39, 0.29) is 28.4 Å². The number of anilines is 2. The van der Waals surface area contributed by atoms with Crippen LogP contribution in [0, 0.1) is 10.1 Å². The molecule has 2 amide bonds. The molecule has 0 bridgehead atoms. The van der Waals surface area contributed by atoms with Crippen LogP contribution >= 0.6 is 0 Å². The molecular formula is C21H17N3O7. The predicted octanol–water partition coefficient (Wildman–Crippen LogP) is 3.62. The largest absolute Gasteiger partial charge is 0.459 e. The number of nitrogens with zero attached hydrogens (tertiary/aromatic N) is 1. The van der Waals surface area contributed by atoms with Gasteiger partial charge in [-0.15, -0.1) is 0 Å². The van der Waals surface area contributed by atoms with E-state index in [2.05, 4.69) is 10.6 Å². The summed E-state index contributed by atoms with van der Waals surface area (Å²) in [6.45, 7) is 1.33. The number of carbonyl (C=O) groups excluding carboxylic acids is 3. The summed E-state index contributed by atoms with van der Waals surface area (Å²) in [5, 5.41) is 16.0. The van der Waals surface area contributed by atoms with Crippen molar-refractivity contribution in [3.8, 4) is 0 Å². The van der Waals surface area contributed by atoms with Crippen LogP contribution in [0.25, 0.3) is 0 Å². The molecule has 158 valence electrons. The molecule has 1 aromatic heterocycles. The van der Waals surface area contributed by atoms with E-state index in [0.29, 0.717) is 0 Å². The number of para-hydroxylation sites is 3. The maximum atomic E-state index is 12.6. The number of nitrogens with one attached hydrogen (secondary N) is 2. The summed E-state index contributed by atoms with van der Waals surface area (Å²) in [7, 11) is 0. The zero-order valence-corrected chi connectivity index (χ0v) is 16.2. The van der Waals surface area contributed by atoms with Crippen molar-refractivity contribution in [2.75, 3.05) is 10.6 Å². The van der Waals surface area contributed by atoms with Crippen LogP contribution in [0.15, 0.2) is 71.3 Å². The molecule has 3 rings (SSSR count). The normalized spacial score (nSPS) is 11.3. The van der Waals surface area contributed by atoms with E-state index < -0.39 is 28.8 Å². The van der Waals surface area contributed by atoms with E-state index in [1.54, 1.807) is 18.2 Å². The molecule has 1 unspecified atom stereocenters. The van der Waals surface area contributed by atoms with E-state index in [1.165, 1.54) is 55.7 Å². The first-order chi connectivity index (χ1) is 14.9. The van der Waals surface area contributed by atoms with Crippen LogP contribution in [0.4, 0.5) is 17.1 Å². The van der Waals surface area contributed by atoms with E-state index in [0.717, 1.165) is 0 Å². The zero-order valence-electron chi connectivity index (χ0n) is 16.2. The van der Waals surface area contributed by atoms with Crippen LogP contribution in [0.3, 0.4) is 0 Å². The second-order valence-corrected chi connectivity index (χ2v) is 6.29. The van der Waals surface area contributed by atoms with E-state index in [4.69, 9.17) is 9.15 Å². The van der Waals surface area contributed by atoms with Gasteiger partial charge in [0.25, 0.3) is 17.5 Å². The highest BCUT2D eigenvalue weighted by atomic mass is 16.6. The first-order valence-corrected chi connectivity index (χ1v) is 9.06. The van der Waals surface area contributed by atoms with Gasteiger partial charge in [-0.2, -0.15) is 0 Å². The number of ether oxygens (including phenoxy) is 1. The van der Waals surface area contributed by atoms with E-state index >= 15 is 0 Å². The number of esters is 1. The molecule has 0 fully saturated rings. The Morgan fingerprint density at radius 1 is 0.968 bits per heavy atom. The molecule has 0 aliphatic rings. The van der Waals surface area contributed by atoms with Crippen molar-refractivity contribution in [1.29, 1.82) is 0 Å². The molecule has 1 atom stereocenters. The topological polar surface area (TPSA) is 141 Å². The number of hydrogen-bond donors (Lipinski definition) is 2. The third-order valence-electron chi connectivity index (χ3n) is 4.15. The molecule has 2 N–H and O–H groups in total. The summed E-state index contributed by atoms with van der Waals surface area (Å²) in [4.78, 5) is 47.6. The molecule has 0 radical (unpaired) electrons. The molecule has 0 aliphatic carbocycles. The van der Waals surface area contributed by atoms with Gasteiger partial charge < -0.3 is 19.8 Å². The summed E-state index contributed by atoms with van der Waals surface area (Å²) < 4.78 is 10.2. The number of carbonyl (C=O) groups is 3. The minimum atomic E-state index is -1.26. The van der Waals surface area contributed by atoms with Crippen LogP contribution in [0.2, 0.25) is 0 Å². The van der Waals surface area contributed by atoms with Gasteiger partial charge >= 0.3 is 5.97 Å². The standard InChI is InChI=1S/C21H17N3O7/c1-13(19(25)23-16-9-4-5-10-17(16)24(28)29)31-21(27)14-7-2-3-8-15(14)22-20(26)18-11-6-12-30-18/h2-13H,1H3,(H,22,26)(H,23,25). The van der Waals surface area contributed by atoms with Gasteiger partial charge in [-0.05, 0) is 37.3 Å². The third kappa shape index (κ3) is 5.12. The Labute approximate surface area is 176 Å². The molecule has 0 saturated heterocycles. The number of benzene rings is 2. The average molecular weight is 423 g/mol. The van der Waals surface area contributed by atoms with E-state index in [1.807, 2.05) is 0 Å². The molecule has 10 heteroatoms. The van der Waals surface area contributed by atoms with Crippen molar-refractivity contribution in [2.24, 2.45) is 0 Å². The van der Waals surface area contributed by atoms with Gasteiger partial charge in [0, 0.05) is 6.07 Å². The highest BCUT2D eigenvalue weighted by Gasteiger charge is 2.24. The smallest absolute Gasteiger partial charge is 0.341 e. The van der Waals surface area contributed by atoms with Crippen LogP contribution in [-0.2, 0) is 9.53 Å². The number of nitro groups is 1. The molecule has 0 spiro atoms. The summed E-state index contributed by atoms with van der Waals surface area (Å²) in [5.41, 5.74) is -0.125. The summed E-state index contributed by atoms with van der Waals surface area (Å²) in [6.07, 6.45) is 0.0769. The van der Waals surface area contributed by atoms with Gasteiger partial charge in [0.15, 0.2) is 11.9 Å². The fraction of sp³-hybridized carbons (Fsp3) is 0.0952. The van der Waals surface area contributed by atoms with Crippen molar-refractivity contribution < 1.29 is 28.5 Å². The molecule has 10 nitrogen and oxygen atoms in total. The molecule has 1 heterocycles. The summed E-state index contributed by atoms with van der Waals surface area (Å²) >= 11 is 0. The molecule has 3 aromatic rings. The Balaban J connectivity index is 1.69. The fourth-order valence-electron chi connectivity index (χ4n) is 2.61. The monoisotopic (exact) mass is 423 g/mol. The highest BCUT2D eigenvalue weighted by Crippen LogP contribution is 2.24. The quantitative estimate of drug-likeness (QED) is 0.336. The minimum absolute atomic E-state index is 0.0211. The molecule has 0 aliphatic heterocycles. The van der Waals surface area contributed by atoms with Crippen LogP contribution in [0.1, 0.15) is 27.8 Å². The Morgan fingerprint density at radius 3 is 2.32 bits per heavy atom. The van der Waals surface area contributed by atoms with Crippen molar-refractivity contribution in [1.82, 2.24) is 0 Å². The second kappa shape index (κ2) is 9.35. The summed E-state index contributed by atoms with van der Waals surface area (Å²) in [5.74, 6) is -2.12. The lowest BCUT2D eigenvalue weighted by Gasteiger charge is -2.15. The number of amides is 2. The maximum Gasteiger partial charge on any atom is 0.341 e. The maximum absolute atomic E-state index is 12.6. The first-order valence-electron chi connectivity index (χ1n) is 9.06. The van der Waals surface area contributed by atoms with E-state index in [9.17, 15) is 24.5 Å². The van der Waals surface area contributed by atoms with Gasteiger partial charge in [-0.25, -0.2) is 4.79 Å². The highest BCUT2D eigenvalue weighted by molar-refractivity contribution is 6.07. The van der Waals surface area contributed by atoms with Gasteiger partial charge in [-0.3, -0.25) is 19.7 Å². The van der Waals surface area contributed by atoms with Crippen molar-refractivity contribution in [3.05, 3.63) is 88.4 Å². The molecule has 31 heavy (non-hydrogen) atoms. The Hall–Kier alpha value is -4.47. The Morgan fingerprint density at radius 2 is 1.65 bits per heavy atom. The fourth-order valence-corrected chi connectivity index (χ4v) is 2.61. The lowest BCUT2D eigenvalue weighted by Crippen LogP contribution is -2.30. The lowest BCUT2D eigenvalue weighted by atomic mass is 10.1. The van der Waals surface area contributed by atoms with Gasteiger partial charge in [0.05, 0.1) is 22.4 Å². The molecule has 0 saturated carbocycles. The van der Waals surface area contributed by atoms with Crippen molar-refractivity contribution in [2.45, 2.75) is 13.0 Å². The number of hydrogen-bond acceptors (Lipinski definition) is 7. The average Bonchev–Trinajstić information content (AvgIpc) is 3.29. The Bertz CT molecular complexity index is 1130. The number of rotatable bonds is 7. The second-order valence-electron chi connectivity index (χ2n) is 6.29. The predicted molar refractivity (Wildman–Crippen MR) is 110 cm³/mol. The number of furan rings is 1. The van der Waals surface area contributed by atoms with Crippen LogP contribution in [0.5, 0.6) is 0 Å². The summed E-state index contributed by atoms with van der Waals surface area (Å²) in [6, 6.07) is 14.7. The molecule has 2 aromatic carbocycles. The van der Waals surface area contributed by atoms with Crippen LogP contribution < -0.4 is 10.6 Å². The zero-order chi connectivity index (χ0) is 22.4. The number of nitro benzene ring substituents is 1. The first kappa shape index (κ1) is 21.2. The van der Waals surface area contributed by atoms with Gasteiger partial charge in [0.2, 0.25) is 0 Å². The SMILES string of the molecule is CC(OC(=O)c1ccccc1NC(=O)c1ccco1)C(=O)Nc1ccccc1[N+](=O)[O-]. The molecular weight excluding hydrogens is 406 g/mol. The van der Waals surface area contributed by atoms with Crippen molar-refractivity contribution in [3.63, 3.8) is 0 Å². The van der Waals surface area contributed by atoms with Crippen LogP contribution in [-0.4, -0.2) is 28.8 Å². The van der Waals surface area contributed by atoms with Gasteiger partial charge in [-0.1, -0.05) is 24.3 Å². The lowest BCUT2D eigenvalue weighted by molar-refractivity contribution is -0.383.